The van der Waals surface area contributed by atoms with Crippen molar-refractivity contribution in [2.24, 2.45) is 0 Å². The van der Waals surface area contributed by atoms with E-state index >= 15 is 0 Å². The maximum absolute atomic E-state index is 10.2. The molecule has 1 aliphatic rings. The first-order valence-electron chi connectivity index (χ1n) is 11.4. The first-order chi connectivity index (χ1) is 17.3. The smallest absolute Gasteiger partial charge is 0.300 e. The van der Waals surface area contributed by atoms with Crippen molar-refractivity contribution in [1.29, 1.82) is 0 Å². The van der Waals surface area contributed by atoms with Gasteiger partial charge in [0, 0.05) is 42.9 Å². The number of H-pyrrole nitrogens is 1. The fourth-order valence-corrected chi connectivity index (χ4v) is 3.94. The van der Waals surface area contributed by atoms with Gasteiger partial charge in [-0.25, -0.2) is 0 Å². The first kappa shape index (κ1) is 25.1. The number of phenolic OH excluding ortho intramolecular Hbond substituents is 2. The summed E-state index contributed by atoms with van der Waals surface area (Å²) in [5.74, 6) is -0.243. The number of aliphatic carboxylic acids is 1. The van der Waals surface area contributed by atoms with Crippen molar-refractivity contribution in [2.75, 3.05) is 5.32 Å². The Hall–Kier alpha value is -4.01. The summed E-state index contributed by atoms with van der Waals surface area (Å²) < 4.78 is 0. The molecule has 1 heterocycles. The van der Waals surface area contributed by atoms with Gasteiger partial charge in [-0.1, -0.05) is 48.0 Å². The molecule has 0 bridgehead atoms. The zero-order chi connectivity index (χ0) is 25.7. The van der Waals surface area contributed by atoms with Crippen molar-refractivity contribution in [3.05, 3.63) is 77.3 Å². The van der Waals surface area contributed by atoms with Crippen molar-refractivity contribution in [2.45, 2.75) is 32.4 Å². The number of benzene rings is 3. The number of hydrogen-bond donors (Lipinski definition) is 6. The molecule has 0 unspecified atom stereocenters. The lowest BCUT2D eigenvalue weighted by Gasteiger charge is -2.09. The Labute approximate surface area is 213 Å². The molecule has 0 amide bonds. The molecule has 1 fully saturated rings. The summed E-state index contributed by atoms with van der Waals surface area (Å²) in [4.78, 5) is 9.00. The van der Waals surface area contributed by atoms with Gasteiger partial charge in [0.15, 0.2) is 5.82 Å². The largest absolute Gasteiger partial charge is 0.508 e. The maximum atomic E-state index is 10.2. The van der Waals surface area contributed by atoms with Crippen molar-refractivity contribution < 1.29 is 20.1 Å². The van der Waals surface area contributed by atoms with Crippen LogP contribution in [-0.2, 0) is 11.3 Å². The zero-order valence-corrected chi connectivity index (χ0v) is 20.4. The average Bonchev–Trinajstić information content (AvgIpc) is 3.54. The first-order valence-corrected chi connectivity index (χ1v) is 11.8. The maximum Gasteiger partial charge on any atom is 0.300 e. The van der Waals surface area contributed by atoms with Gasteiger partial charge >= 0.3 is 0 Å². The van der Waals surface area contributed by atoms with Crippen LogP contribution >= 0.6 is 11.6 Å². The molecule has 0 radical (unpaired) electrons. The van der Waals surface area contributed by atoms with E-state index in [0.717, 1.165) is 41.8 Å². The molecule has 3 aromatic carbocycles. The number of anilines is 2. The molecule has 36 heavy (non-hydrogen) atoms. The summed E-state index contributed by atoms with van der Waals surface area (Å²) in [6.45, 7) is 1.99. The van der Waals surface area contributed by atoms with Crippen LogP contribution in [0.25, 0.3) is 22.4 Å². The lowest BCUT2D eigenvalue weighted by Crippen LogP contribution is -2.15. The van der Waals surface area contributed by atoms with Crippen LogP contribution in [0.3, 0.4) is 0 Å². The van der Waals surface area contributed by atoms with E-state index in [4.69, 9.17) is 21.5 Å². The summed E-state index contributed by atoms with van der Waals surface area (Å²) in [6, 6.07) is 21.3. The van der Waals surface area contributed by atoms with Crippen LogP contribution in [0.5, 0.6) is 11.5 Å². The quantitative estimate of drug-likeness (QED) is 0.184. The third kappa shape index (κ3) is 6.78. The summed E-state index contributed by atoms with van der Waals surface area (Å²) in [7, 11) is 0. The van der Waals surface area contributed by atoms with Crippen molar-refractivity contribution in [1.82, 2.24) is 15.5 Å². The molecule has 0 atom stereocenters. The summed E-state index contributed by atoms with van der Waals surface area (Å²) in [6.07, 6.45) is 2.58. The Morgan fingerprint density at radius 2 is 1.67 bits per heavy atom. The number of hydrogen-bond acceptors (Lipinski definition) is 6. The van der Waals surface area contributed by atoms with E-state index in [1.54, 1.807) is 0 Å². The molecule has 1 aliphatic carbocycles. The second-order valence-electron chi connectivity index (χ2n) is 8.56. The molecular formula is C27H27ClN4O4. The number of nitrogens with zero attached hydrogens (tertiary/aromatic N) is 1. The van der Waals surface area contributed by atoms with Gasteiger partial charge in [-0.3, -0.25) is 9.89 Å². The van der Waals surface area contributed by atoms with Crippen LogP contribution in [0.1, 0.15) is 25.3 Å². The lowest BCUT2D eigenvalue weighted by molar-refractivity contribution is -0.134. The van der Waals surface area contributed by atoms with E-state index in [9.17, 15) is 10.2 Å². The normalized spacial score (nSPS) is 12.5. The fraction of sp³-hybridized carbons (Fsp3) is 0.185. The molecule has 0 spiro atoms. The molecule has 4 aromatic rings. The number of carboxylic acid groups (broad SMARTS) is 1. The number of rotatable bonds is 7. The predicted molar refractivity (Wildman–Crippen MR) is 141 cm³/mol. The molecule has 8 nitrogen and oxygen atoms in total. The predicted octanol–water partition coefficient (Wildman–Crippen LogP) is 5.89. The Morgan fingerprint density at radius 1 is 1.03 bits per heavy atom. The van der Waals surface area contributed by atoms with E-state index in [1.165, 1.54) is 30.5 Å². The van der Waals surface area contributed by atoms with E-state index in [1.807, 2.05) is 30.3 Å². The van der Waals surface area contributed by atoms with E-state index in [0.29, 0.717) is 11.6 Å². The highest BCUT2D eigenvalue weighted by atomic mass is 35.5. The molecule has 1 aromatic heterocycles. The van der Waals surface area contributed by atoms with Crippen LogP contribution in [0, 0.1) is 0 Å². The van der Waals surface area contributed by atoms with Gasteiger partial charge in [-0.05, 0) is 47.7 Å². The molecule has 186 valence electrons. The van der Waals surface area contributed by atoms with Gasteiger partial charge in [0.25, 0.3) is 5.97 Å². The van der Waals surface area contributed by atoms with Crippen LogP contribution in [0.4, 0.5) is 11.5 Å². The minimum Gasteiger partial charge on any atom is -0.508 e. The SMILES string of the molecule is CC(=O)O.Oc1cc(O)c(-c2ccc(-c3cc(Nc4ccc(CNC5CC5)cc4)n[nH]3)cc2)c(Cl)c1. The standard InChI is InChI=1S/C25H23ClN4O2.C2H4O2/c26-21-11-20(31)12-23(32)25(21)17-5-3-16(4-6-17)22-13-24(30-29-22)28-19-7-1-15(2-8-19)14-27-18-9-10-18;1-2(3)4/h1-8,11-13,18,27,31-32H,9-10,14H2,(H2,28,29,30);1H3,(H,3,4). The fourth-order valence-electron chi connectivity index (χ4n) is 3.62. The van der Waals surface area contributed by atoms with Crippen molar-refractivity contribution in [3.63, 3.8) is 0 Å². The van der Waals surface area contributed by atoms with Crippen LogP contribution in [-0.4, -0.2) is 37.5 Å². The van der Waals surface area contributed by atoms with E-state index in [2.05, 4.69) is 45.1 Å². The molecule has 9 heteroatoms. The van der Waals surface area contributed by atoms with Crippen LogP contribution in [0.15, 0.2) is 66.7 Å². The Morgan fingerprint density at radius 3 is 2.28 bits per heavy atom. The minimum atomic E-state index is -0.833. The van der Waals surface area contributed by atoms with Gasteiger partial charge in [0.05, 0.1) is 10.7 Å². The number of carboxylic acids is 1. The molecule has 0 aliphatic heterocycles. The van der Waals surface area contributed by atoms with E-state index < -0.39 is 5.97 Å². The second kappa shape index (κ2) is 11.2. The second-order valence-corrected chi connectivity index (χ2v) is 8.97. The highest BCUT2D eigenvalue weighted by Gasteiger charge is 2.19. The number of nitrogens with one attached hydrogen (secondary N) is 3. The Balaban J connectivity index is 0.000000709. The number of aromatic amines is 1. The van der Waals surface area contributed by atoms with Gasteiger partial charge < -0.3 is 26.0 Å². The molecule has 0 saturated heterocycles. The Kier molecular flexibility index (Phi) is 7.77. The molecular weight excluding hydrogens is 480 g/mol. The topological polar surface area (TPSA) is 130 Å². The average molecular weight is 507 g/mol. The highest BCUT2D eigenvalue weighted by molar-refractivity contribution is 6.33. The van der Waals surface area contributed by atoms with Crippen LogP contribution < -0.4 is 10.6 Å². The Bertz CT molecular complexity index is 1310. The minimum absolute atomic E-state index is 0.0647. The highest BCUT2D eigenvalue weighted by Crippen LogP contribution is 2.39. The number of aromatic nitrogens is 2. The zero-order valence-electron chi connectivity index (χ0n) is 19.6. The van der Waals surface area contributed by atoms with Gasteiger partial charge in [-0.2, -0.15) is 5.10 Å². The number of carbonyl (C=O) groups is 1. The van der Waals surface area contributed by atoms with Crippen molar-refractivity contribution >= 4 is 29.1 Å². The lowest BCUT2D eigenvalue weighted by atomic mass is 10.0. The van der Waals surface area contributed by atoms with E-state index in [-0.39, 0.29) is 16.5 Å². The van der Waals surface area contributed by atoms with Gasteiger partial charge in [-0.15, -0.1) is 0 Å². The van der Waals surface area contributed by atoms with Crippen LogP contribution in [0.2, 0.25) is 5.02 Å². The number of aromatic hydroxyl groups is 2. The summed E-state index contributed by atoms with van der Waals surface area (Å²) in [5, 5.41) is 41.7. The molecule has 1 saturated carbocycles. The third-order valence-corrected chi connectivity index (χ3v) is 5.81. The number of halogens is 1. The van der Waals surface area contributed by atoms with Gasteiger partial charge in [0.1, 0.15) is 11.5 Å². The monoisotopic (exact) mass is 506 g/mol. The molecule has 5 rings (SSSR count). The number of phenols is 2. The van der Waals surface area contributed by atoms with Crippen molar-refractivity contribution in [3.8, 4) is 33.9 Å². The summed E-state index contributed by atoms with van der Waals surface area (Å²) in [5.41, 5.74) is 5.30. The third-order valence-electron chi connectivity index (χ3n) is 5.52. The molecule has 6 N–H and O–H groups in total. The summed E-state index contributed by atoms with van der Waals surface area (Å²) >= 11 is 6.20. The van der Waals surface area contributed by atoms with Gasteiger partial charge in [0.2, 0.25) is 0 Å².